The third-order valence-electron chi connectivity index (χ3n) is 5.93. The van der Waals surface area contributed by atoms with Gasteiger partial charge in [-0.2, -0.15) is 9.61 Å². The van der Waals surface area contributed by atoms with E-state index in [0.29, 0.717) is 29.0 Å². The molecule has 2 heterocycles. The normalized spacial score (nSPS) is 23.8. The SMILES string of the molecule is [CH2][C@@H]1C[C@@H](Nc2ccnc3cc(-c4cccc5cc(C(F)F)ccc45)nn23)[C@H](O)[C@@H]1O. The number of anilines is 1. The standard InChI is InChI=1S/C23H21F2N4O2/c1-12-9-18(22(31)21(12)30)27-19-7-8-26-20-11-17(28-29(19)20)16-4-2-3-13-10-14(23(24)25)5-6-15(13)16/h2-8,10-12,18,21-23,27,30-31H,1,9H2/t12-,18-,21-,22+/m1/s1. The molecule has 1 fully saturated rings. The van der Waals surface area contributed by atoms with Crippen LogP contribution in [0, 0.1) is 12.8 Å². The highest BCUT2D eigenvalue weighted by molar-refractivity contribution is 5.96. The van der Waals surface area contributed by atoms with Gasteiger partial charge in [0.25, 0.3) is 6.43 Å². The van der Waals surface area contributed by atoms with E-state index in [9.17, 15) is 19.0 Å². The van der Waals surface area contributed by atoms with Crippen molar-refractivity contribution in [2.45, 2.75) is 31.1 Å². The summed E-state index contributed by atoms with van der Waals surface area (Å²) in [4.78, 5) is 4.37. The van der Waals surface area contributed by atoms with Crippen LogP contribution in [-0.4, -0.2) is 43.1 Å². The molecule has 0 saturated heterocycles. The zero-order valence-electron chi connectivity index (χ0n) is 16.5. The Hall–Kier alpha value is -3.10. The summed E-state index contributed by atoms with van der Waals surface area (Å²) >= 11 is 0. The molecule has 0 spiro atoms. The van der Waals surface area contributed by atoms with Crippen LogP contribution < -0.4 is 5.32 Å². The number of benzene rings is 2. The van der Waals surface area contributed by atoms with Gasteiger partial charge in [0, 0.05) is 23.4 Å². The quantitative estimate of drug-likeness (QED) is 0.465. The number of aliphatic hydroxyl groups excluding tert-OH is 2. The lowest BCUT2D eigenvalue weighted by Gasteiger charge is -2.19. The molecule has 0 unspecified atom stereocenters. The minimum atomic E-state index is -2.52. The van der Waals surface area contributed by atoms with Crippen molar-refractivity contribution in [3.05, 3.63) is 67.2 Å². The van der Waals surface area contributed by atoms with Gasteiger partial charge in [0.1, 0.15) is 11.9 Å². The Morgan fingerprint density at radius 3 is 2.68 bits per heavy atom. The third kappa shape index (κ3) is 3.41. The third-order valence-corrected chi connectivity index (χ3v) is 5.93. The molecule has 5 rings (SSSR count). The van der Waals surface area contributed by atoms with Crippen molar-refractivity contribution in [2.75, 3.05) is 5.32 Å². The molecule has 31 heavy (non-hydrogen) atoms. The van der Waals surface area contributed by atoms with Crippen LogP contribution in [0.15, 0.2) is 54.7 Å². The summed E-state index contributed by atoms with van der Waals surface area (Å²) < 4.78 is 27.8. The Balaban J connectivity index is 1.55. The molecule has 0 amide bonds. The fourth-order valence-corrected chi connectivity index (χ4v) is 4.25. The summed E-state index contributed by atoms with van der Waals surface area (Å²) in [6, 6.07) is 13.3. The van der Waals surface area contributed by atoms with Crippen LogP contribution in [0.4, 0.5) is 14.6 Å². The lowest BCUT2D eigenvalue weighted by Crippen LogP contribution is -2.35. The van der Waals surface area contributed by atoms with Gasteiger partial charge in [-0.05, 0) is 42.2 Å². The number of hydrogen-bond donors (Lipinski definition) is 3. The van der Waals surface area contributed by atoms with Crippen molar-refractivity contribution in [3.8, 4) is 11.3 Å². The fourth-order valence-electron chi connectivity index (χ4n) is 4.25. The fraction of sp³-hybridized carbons (Fsp3) is 0.261. The van der Waals surface area contributed by atoms with Crippen molar-refractivity contribution >= 4 is 22.2 Å². The average Bonchev–Trinajstić information content (AvgIpc) is 3.30. The monoisotopic (exact) mass is 423 g/mol. The number of alkyl halides is 2. The summed E-state index contributed by atoms with van der Waals surface area (Å²) in [7, 11) is 0. The van der Waals surface area contributed by atoms with Gasteiger partial charge in [0.05, 0.1) is 17.8 Å². The minimum Gasteiger partial charge on any atom is -0.390 e. The number of aliphatic hydroxyl groups is 2. The molecule has 1 radical (unpaired) electrons. The maximum Gasteiger partial charge on any atom is 0.263 e. The second-order valence-electron chi connectivity index (χ2n) is 7.94. The zero-order valence-corrected chi connectivity index (χ0v) is 16.5. The highest BCUT2D eigenvalue weighted by atomic mass is 19.3. The first-order chi connectivity index (χ1) is 14.9. The molecule has 0 bridgehead atoms. The maximum absolute atomic E-state index is 13.1. The van der Waals surface area contributed by atoms with Gasteiger partial charge in [-0.3, -0.25) is 0 Å². The van der Waals surface area contributed by atoms with Crippen molar-refractivity contribution in [1.82, 2.24) is 14.6 Å². The second-order valence-corrected chi connectivity index (χ2v) is 7.94. The Morgan fingerprint density at radius 2 is 1.94 bits per heavy atom. The minimum absolute atomic E-state index is 0.0196. The van der Waals surface area contributed by atoms with Crippen LogP contribution in [0.1, 0.15) is 18.4 Å². The summed E-state index contributed by atoms with van der Waals surface area (Å²) in [6.45, 7) is 3.88. The van der Waals surface area contributed by atoms with Gasteiger partial charge >= 0.3 is 0 Å². The van der Waals surface area contributed by atoms with Crippen LogP contribution in [0.2, 0.25) is 0 Å². The van der Waals surface area contributed by atoms with Gasteiger partial charge in [0.2, 0.25) is 0 Å². The van der Waals surface area contributed by atoms with Gasteiger partial charge < -0.3 is 15.5 Å². The first-order valence-electron chi connectivity index (χ1n) is 10.0. The van der Waals surface area contributed by atoms with Crippen LogP contribution in [0.25, 0.3) is 27.7 Å². The Labute approximate surface area is 177 Å². The zero-order chi connectivity index (χ0) is 21.7. The van der Waals surface area contributed by atoms with E-state index in [2.05, 4.69) is 22.3 Å². The number of nitrogens with one attached hydrogen (secondary N) is 1. The predicted octanol–water partition coefficient (Wildman–Crippen LogP) is 3.84. The van der Waals surface area contributed by atoms with E-state index in [1.807, 2.05) is 18.2 Å². The number of rotatable bonds is 4. The van der Waals surface area contributed by atoms with Gasteiger partial charge in [-0.1, -0.05) is 30.3 Å². The van der Waals surface area contributed by atoms with E-state index in [4.69, 9.17) is 0 Å². The highest BCUT2D eigenvalue weighted by Crippen LogP contribution is 2.32. The molecule has 159 valence electrons. The number of halogens is 2. The van der Waals surface area contributed by atoms with Gasteiger partial charge in [-0.15, -0.1) is 0 Å². The van der Waals surface area contributed by atoms with Crippen molar-refractivity contribution in [3.63, 3.8) is 0 Å². The van der Waals surface area contributed by atoms with Crippen molar-refractivity contribution in [1.29, 1.82) is 0 Å². The van der Waals surface area contributed by atoms with Crippen LogP contribution in [-0.2, 0) is 0 Å². The Morgan fingerprint density at radius 1 is 1.10 bits per heavy atom. The first-order valence-corrected chi connectivity index (χ1v) is 10.0. The van der Waals surface area contributed by atoms with E-state index >= 15 is 0 Å². The Bertz CT molecular complexity index is 1260. The molecule has 2 aromatic carbocycles. The molecule has 4 aromatic rings. The molecule has 0 aliphatic heterocycles. The second kappa shape index (κ2) is 7.55. The van der Waals surface area contributed by atoms with E-state index in [1.54, 1.807) is 28.9 Å². The van der Waals surface area contributed by atoms with Gasteiger partial charge in [0.15, 0.2) is 5.65 Å². The first kappa shape index (κ1) is 19.8. The molecule has 6 nitrogen and oxygen atoms in total. The summed E-state index contributed by atoms with van der Waals surface area (Å²) in [5.74, 6) is 0.369. The van der Waals surface area contributed by atoms with Crippen molar-refractivity contribution < 1.29 is 19.0 Å². The number of aromatic nitrogens is 3. The van der Waals surface area contributed by atoms with Crippen molar-refractivity contribution in [2.24, 2.45) is 5.92 Å². The Kier molecular flexibility index (Phi) is 4.83. The topological polar surface area (TPSA) is 82.7 Å². The molecule has 1 aliphatic rings. The highest BCUT2D eigenvalue weighted by Gasteiger charge is 2.39. The number of fused-ring (bicyclic) bond motifs is 2. The summed E-state index contributed by atoms with van der Waals surface area (Å²) in [5, 5.41) is 29.7. The summed E-state index contributed by atoms with van der Waals surface area (Å²) in [5.41, 5.74) is 2.04. The average molecular weight is 423 g/mol. The molecule has 1 saturated carbocycles. The number of hydrogen-bond acceptors (Lipinski definition) is 5. The van der Waals surface area contributed by atoms with E-state index in [0.717, 1.165) is 10.9 Å². The molecular formula is C23H21F2N4O2. The lowest BCUT2D eigenvalue weighted by molar-refractivity contribution is 0.0256. The van der Waals surface area contributed by atoms with Gasteiger partial charge in [-0.25, -0.2) is 13.8 Å². The van der Waals surface area contributed by atoms with E-state index in [-0.39, 0.29) is 17.5 Å². The van der Waals surface area contributed by atoms with E-state index in [1.165, 1.54) is 12.1 Å². The number of nitrogens with zero attached hydrogens (tertiary/aromatic N) is 3. The van der Waals surface area contributed by atoms with E-state index < -0.39 is 18.6 Å². The van der Waals surface area contributed by atoms with Crippen LogP contribution in [0.5, 0.6) is 0 Å². The maximum atomic E-state index is 13.1. The smallest absolute Gasteiger partial charge is 0.263 e. The molecule has 1 aliphatic carbocycles. The molecule has 3 N–H and O–H groups in total. The summed E-state index contributed by atoms with van der Waals surface area (Å²) in [6.07, 6.45) is -2.17. The van der Waals surface area contributed by atoms with Crippen LogP contribution in [0.3, 0.4) is 0 Å². The predicted molar refractivity (Wildman–Crippen MR) is 114 cm³/mol. The van der Waals surface area contributed by atoms with Crippen LogP contribution >= 0.6 is 0 Å². The lowest BCUT2D eigenvalue weighted by atomic mass is 10.0. The molecule has 8 heteroatoms. The largest absolute Gasteiger partial charge is 0.390 e. The molecule has 4 atom stereocenters. The molecule has 2 aromatic heterocycles. The molecular weight excluding hydrogens is 402 g/mol.